The molecular formula is C12H18ClNO. The van der Waals surface area contributed by atoms with Crippen LogP contribution in [0, 0.1) is 0 Å². The number of benzene rings is 1. The molecule has 0 saturated carbocycles. The Morgan fingerprint density at radius 3 is 2.53 bits per heavy atom. The molecule has 0 aromatic heterocycles. The molecule has 0 fully saturated rings. The minimum absolute atomic E-state index is 0.279. The molecule has 1 aromatic rings. The zero-order chi connectivity index (χ0) is 11.4. The number of nitrogens with zero attached hydrogens (tertiary/aromatic N) is 1. The van der Waals surface area contributed by atoms with Gasteiger partial charge in [-0.3, -0.25) is 4.90 Å². The number of hydrogen-bond donors (Lipinski definition) is 1. The van der Waals surface area contributed by atoms with Crippen LogP contribution in [0.1, 0.15) is 26.3 Å². The molecule has 0 atom stereocenters. The first-order valence-electron chi connectivity index (χ1n) is 5.26. The highest BCUT2D eigenvalue weighted by molar-refractivity contribution is 6.31. The van der Waals surface area contributed by atoms with E-state index in [-0.39, 0.29) is 5.75 Å². The smallest absolute Gasteiger partial charge is 0.121 e. The third kappa shape index (κ3) is 3.11. The molecule has 1 rings (SSSR count). The van der Waals surface area contributed by atoms with Crippen LogP contribution in [-0.2, 0) is 6.54 Å². The van der Waals surface area contributed by atoms with Gasteiger partial charge in [-0.15, -0.1) is 0 Å². The molecule has 0 spiro atoms. The van der Waals surface area contributed by atoms with E-state index in [1.54, 1.807) is 12.1 Å². The molecule has 0 heterocycles. The third-order valence-corrected chi connectivity index (χ3v) is 2.95. The number of phenols is 1. The maximum absolute atomic E-state index is 9.71. The molecule has 1 aromatic carbocycles. The van der Waals surface area contributed by atoms with Crippen molar-refractivity contribution in [3.63, 3.8) is 0 Å². The first kappa shape index (κ1) is 12.3. The average Bonchev–Trinajstić information content (AvgIpc) is 2.17. The Morgan fingerprint density at radius 2 is 2.07 bits per heavy atom. The summed E-state index contributed by atoms with van der Waals surface area (Å²) in [6, 6.07) is 5.69. The van der Waals surface area contributed by atoms with Gasteiger partial charge in [0, 0.05) is 23.2 Å². The van der Waals surface area contributed by atoms with E-state index >= 15 is 0 Å². The van der Waals surface area contributed by atoms with Crippen molar-refractivity contribution in [2.24, 2.45) is 0 Å². The van der Waals surface area contributed by atoms with Crippen LogP contribution >= 0.6 is 11.6 Å². The number of rotatable bonds is 4. The zero-order valence-corrected chi connectivity index (χ0v) is 10.3. The highest BCUT2D eigenvalue weighted by Crippen LogP contribution is 2.26. The van der Waals surface area contributed by atoms with Crippen LogP contribution < -0.4 is 0 Å². The molecule has 0 unspecified atom stereocenters. The van der Waals surface area contributed by atoms with Gasteiger partial charge in [0.05, 0.1) is 0 Å². The van der Waals surface area contributed by atoms with E-state index in [0.717, 1.165) is 12.1 Å². The van der Waals surface area contributed by atoms with Crippen molar-refractivity contribution in [2.75, 3.05) is 6.54 Å². The SMILES string of the molecule is CCN(Cc1c(O)cccc1Cl)C(C)C. The first-order chi connectivity index (χ1) is 7.06. The lowest BCUT2D eigenvalue weighted by Crippen LogP contribution is -2.30. The highest BCUT2D eigenvalue weighted by atomic mass is 35.5. The molecule has 0 amide bonds. The van der Waals surface area contributed by atoms with Crippen molar-refractivity contribution >= 4 is 11.6 Å². The van der Waals surface area contributed by atoms with Gasteiger partial charge < -0.3 is 5.11 Å². The van der Waals surface area contributed by atoms with Gasteiger partial charge >= 0.3 is 0 Å². The predicted octanol–water partition coefficient (Wildman–Crippen LogP) is 3.28. The Kier molecular flexibility index (Phi) is 4.43. The number of halogens is 1. The van der Waals surface area contributed by atoms with Crippen molar-refractivity contribution in [1.82, 2.24) is 4.90 Å². The van der Waals surface area contributed by atoms with Crippen LogP contribution in [0.4, 0.5) is 0 Å². The number of phenolic OH excluding ortho intramolecular Hbond substituents is 1. The van der Waals surface area contributed by atoms with Gasteiger partial charge in [0.1, 0.15) is 5.75 Å². The van der Waals surface area contributed by atoms with Gasteiger partial charge in [-0.25, -0.2) is 0 Å². The molecule has 15 heavy (non-hydrogen) atoms. The zero-order valence-electron chi connectivity index (χ0n) is 9.50. The van der Waals surface area contributed by atoms with E-state index in [0.29, 0.717) is 17.6 Å². The van der Waals surface area contributed by atoms with Crippen molar-refractivity contribution in [3.8, 4) is 5.75 Å². The molecule has 0 radical (unpaired) electrons. The molecule has 2 nitrogen and oxygen atoms in total. The molecular weight excluding hydrogens is 210 g/mol. The third-order valence-electron chi connectivity index (χ3n) is 2.59. The molecule has 1 N–H and O–H groups in total. The van der Waals surface area contributed by atoms with Gasteiger partial charge in [-0.1, -0.05) is 24.6 Å². The van der Waals surface area contributed by atoms with Gasteiger partial charge in [0.25, 0.3) is 0 Å². The van der Waals surface area contributed by atoms with Gasteiger partial charge in [0.2, 0.25) is 0 Å². The summed E-state index contributed by atoms with van der Waals surface area (Å²) in [6.45, 7) is 8.02. The summed E-state index contributed by atoms with van der Waals surface area (Å²) >= 11 is 6.05. The van der Waals surface area contributed by atoms with E-state index in [1.807, 2.05) is 6.07 Å². The largest absolute Gasteiger partial charge is 0.508 e. The molecule has 0 aliphatic carbocycles. The maximum atomic E-state index is 9.71. The van der Waals surface area contributed by atoms with Crippen LogP contribution in [0.5, 0.6) is 5.75 Å². The van der Waals surface area contributed by atoms with Crippen LogP contribution in [0.2, 0.25) is 5.02 Å². The van der Waals surface area contributed by atoms with Crippen LogP contribution in [0.25, 0.3) is 0 Å². The number of hydrogen-bond acceptors (Lipinski definition) is 2. The van der Waals surface area contributed by atoms with Gasteiger partial charge in [0.15, 0.2) is 0 Å². The summed E-state index contributed by atoms with van der Waals surface area (Å²) in [5.74, 6) is 0.279. The summed E-state index contributed by atoms with van der Waals surface area (Å²) in [5, 5.41) is 10.3. The summed E-state index contributed by atoms with van der Waals surface area (Å²) in [4.78, 5) is 2.25. The fourth-order valence-electron chi connectivity index (χ4n) is 1.57. The lowest BCUT2D eigenvalue weighted by molar-refractivity contribution is 0.222. The van der Waals surface area contributed by atoms with Crippen molar-refractivity contribution in [3.05, 3.63) is 28.8 Å². The molecule has 0 aliphatic heterocycles. The molecule has 0 bridgehead atoms. The van der Waals surface area contributed by atoms with Crippen LogP contribution in [-0.4, -0.2) is 22.6 Å². The quantitative estimate of drug-likeness (QED) is 0.854. The van der Waals surface area contributed by atoms with E-state index in [2.05, 4.69) is 25.7 Å². The second-order valence-electron chi connectivity index (χ2n) is 3.89. The summed E-state index contributed by atoms with van der Waals surface area (Å²) < 4.78 is 0. The van der Waals surface area contributed by atoms with Crippen LogP contribution in [0.15, 0.2) is 18.2 Å². The Morgan fingerprint density at radius 1 is 1.40 bits per heavy atom. The van der Waals surface area contributed by atoms with E-state index in [9.17, 15) is 5.11 Å². The lowest BCUT2D eigenvalue weighted by Gasteiger charge is -2.25. The van der Waals surface area contributed by atoms with Crippen LogP contribution in [0.3, 0.4) is 0 Å². The number of aromatic hydroxyl groups is 1. The lowest BCUT2D eigenvalue weighted by atomic mass is 10.1. The highest BCUT2D eigenvalue weighted by Gasteiger charge is 2.12. The van der Waals surface area contributed by atoms with Gasteiger partial charge in [-0.05, 0) is 32.5 Å². The van der Waals surface area contributed by atoms with Crippen molar-refractivity contribution < 1.29 is 5.11 Å². The summed E-state index contributed by atoms with van der Waals surface area (Å²) in [6.07, 6.45) is 0. The Balaban J connectivity index is 2.87. The summed E-state index contributed by atoms with van der Waals surface area (Å²) in [7, 11) is 0. The predicted molar refractivity (Wildman–Crippen MR) is 64.3 cm³/mol. The van der Waals surface area contributed by atoms with Crippen molar-refractivity contribution in [2.45, 2.75) is 33.4 Å². The fourth-order valence-corrected chi connectivity index (χ4v) is 1.80. The fraction of sp³-hybridized carbons (Fsp3) is 0.500. The Bertz CT molecular complexity index is 305. The summed E-state index contributed by atoms with van der Waals surface area (Å²) in [5.41, 5.74) is 0.815. The van der Waals surface area contributed by atoms with E-state index < -0.39 is 0 Å². The Labute approximate surface area is 96.5 Å². The first-order valence-corrected chi connectivity index (χ1v) is 5.64. The minimum Gasteiger partial charge on any atom is -0.508 e. The second kappa shape index (κ2) is 5.38. The molecule has 0 saturated heterocycles. The van der Waals surface area contributed by atoms with E-state index in [4.69, 9.17) is 11.6 Å². The monoisotopic (exact) mass is 227 g/mol. The minimum atomic E-state index is 0.279. The topological polar surface area (TPSA) is 23.5 Å². The average molecular weight is 228 g/mol. The van der Waals surface area contributed by atoms with E-state index in [1.165, 1.54) is 0 Å². The standard InChI is InChI=1S/C12H18ClNO/c1-4-14(9(2)3)8-10-11(13)6-5-7-12(10)15/h5-7,9,15H,4,8H2,1-3H3. The van der Waals surface area contributed by atoms with Crippen molar-refractivity contribution in [1.29, 1.82) is 0 Å². The molecule has 3 heteroatoms. The molecule has 0 aliphatic rings. The second-order valence-corrected chi connectivity index (χ2v) is 4.30. The maximum Gasteiger partial charge on any atom is 0.121 e. The van der Waals surface area contributed by atoms with Gasteiger partial charge in [-0.2, -0.15) is 0 Å². The normalized spacial score (nSPS) is 11.3. The molecule has 84 valence electrons. The Hall–Kier alpha value is -0.730.